The van der Waals surface area contributed by atoms with Gasteiger partial charge >= 0.3 is 0 Å². The molecule has 9 rings (SSSR count). The predicted octanol–water partition coefficient (Wildman–Crippen LogP) is 6.56. The summed E-state index contributed by atoms with van der Waals surface area (Å²) in [6.07, 6.45) is 6.12. The summed E-state index contributed by atoms with van der Waals surface area (Å²) in [5.41, 5.74) is 4.98. The second-order valence-corrected chi connectivity index (χ2v) is 13.0. The number of H-pyrrole nitrogens is 2. The van der Waals surface area contributed by atoms with Crippen molar-refractivity contribution in [1.82, 2.24) is 66.1 Å². The molecule has 0 atom stereocenters. The molecule has 0 fully saturated rings. The van der Waals surface area contributed by atoms with E-state index in [1.54, 1.807) is 0 Å². The van der Waals surface area contributed by atoms with Gasteiger partial charge in [-0.1, -0.05) is 39.5 Å². The van der Waals surface area contributed by atoms with Gasteiger partial charge in [-0.2, -0.15) is 26.2 Å². The van der Waals surface area contributed by atoms with Gasteiger partial charge in [-0.05, 0) is 25.0 Å². The number of rotatable bonds is 10. The third kappa shape index (κ3) is 5.15. The molecule has 49 heavy (non-hydrogen) atoms. The van der Waals surface area contributed by atoms with Gasteiger partial charge in [-0.25, -0.2) is 29.9 Å². The summed E-state index contributed by atoms with van der Waals surface area (Å²) in [5.74, 6) is 2.67. The zero-order valence-corrected chi connectivity index (χ0v) is 28.7. The summed E-state index contributed by atoms with van der Waals surface area (Å²) in [6, 6.07) is 3.86. The Morgan fingerprint density at radius 1 is 0.490 bits per heavy atom. The van der Waals surface area contributed by atoms with E-state index in [0.717, 1.165) is 73.7 Å². The van der Waals surface area contributed by atoms with E-state index in [4.69, 9.17) is 39.4 Å². The van der Waals surface area contributed by atoms with Gasteiger partial charge in [-0.3, -0.25) is 0 Å². The summed E-state index contributed by atoms with van der Waals surface area (Å²) in [5, 5.41) is 1.41. The highest BCUT2D eigenvalue weighted by Crippen LogP contribution is 2.41. The Bertz CT molecular complexity index is 2370. The average molecular weight is 711 g/mol. The predicted molar refractivity (Wildman–Crippen MR) is 186 cm³/mol. The molecule has 0 spiro atoms. The van der Waals surface area contributed by atoms with Crippen molar-refractivity contribution in [2.45, 2.75) is 52.4 Å². The number of hydrogen-bond donors (Lipinski definition) is 2. The van der Waals surface area contributed by atoms with Crippen LogP contribution in [0.2, 0.25) is 0 Å². The number of nitrogens with one attached hydrogen (secondary N) is 2. The van der Waals surface area contributed by atoms with E-state index in [1.807, 2.05) is 12.1 Å². The van der Waals surface area contributed by atoms with E-state index in [2.05, 4.69) is 50.1 Å². The molecule has 0 aliphatic carbocycles. The van der Waals surface area contributed by atoms with Crippen molar-refractivity contribution in [1.29, 1.82) is 0 Å². The Morgan fingerprint density at radius 3 is 1.31 bits per heavy atom. The molecule has 0 radical (unpaired) electrons. The minimum Gasteiger partial charge on any atom is -0.493 e. The first kappa shape index (κ1) is 30.0. The van der Waals surface area contributed by atoms with E-state index in [1.165, 1.54) is 0 Å². The van der Waals surface area contributed by atoms with Crippen LogP contribution in [0.1, 0.15) is 52.4 Å². The van der Waals surface area contributed by atoms with E-state index in [0.29, 0.717) is 115 Å². The number of benzene rings is 1. The molecular formula is C30H26N14O2S3. The van der Waals surface area contributed by atoms with Crippen molar-refractivity contribution in [2.24, 2.45) is 0 Å². The maximum Gasteiger partial charge on any atom is 0.186 e. The monoisotopic (exact) mass is 710 g/mol. The van der Waals surface area contributed by atoms with Crippen LogP contribution >= 0.6 is 35.2 Å². The quantitative estimate of drug-likeness (QED) is 0.144. The molecule has 0 saturated carbocycles. The number of ether oxygens (including phenoxy) is 2. The fraction of sp³-hybridized carbons (Fsp3) is 0.333. The highest BCUT2D eigenvalue weighted by molar-refractivity contribution is 7.00. The number of aromatic nitrogens is 14. The normalized spacial score (nSPS) is 12.1. The lowest BCUT2D eigenvalue weighted by Gasteiger charge is -2.11. The van der Waals surface area contributed by atoms with Crippen molar-refractivity contribution < 1.29 is 9.47 Å². The molecule has 8 heterocycles. The lowest BCUT2D eigenvalue weighted by Crippen LogP contribution is -2.00. The summed E-state index contributed by atoms with van der Waals surface area (Å²) >= 11 is 3.20. The molecule has 2 N–H and O–H groups in total. The van der Waals surface area contributed by atoms with Crippen molar-refractivity contribution in [3.8, 4) is 57.6 Å². The van der Waals surface area contributed by atoms with Crippen LogP contribution in [0.4, 0.5) is 0 Å². The van der Waals surface area contributed by atoms with Gasteiger partial charge in [0.05, 0.1) is 59.2 Å². The van der Waals surface area contributed by atoms with Gasteiger partial charge < -0.3 is 19.4 Å². The standard InChI is InChI=1S/C30H26N14O2S3/c1-3-5-7-11-45-13-9-10-14(46-12-8-6-4-2)16-15(13)23-31-24(16)33-26-18-20(42-48-40-18)28(35-26)37-30-22-21(43-49-44-22)29(38-30)36-27-19-17(39-47-41-19)25(32-23)34-27/h9-10,31H,3-8,11-12H2,1-2H3,(H,32,33,34,35,36,37,38). The molecule has 2 aliphatic rings. The molecule has 1 aromatic carbocycles. The molecular weight excluding hydrogens is 685 g/mol. The molecule has 0 saturated heterocycles. The van der Waals surface area contributed by atoms with Crippen LogP contribution in [0.3, 0.4) is 0 Å². The zero-order valence-electron chi connectivity index (χ0n) is 26.2. The first-order chi connectivity index (χ1) is 24.2. The van der Waals surface area contributed by atoms with Crippen molar-refractivity contribution in [2.75, 3.05) is 13.2 Å². The number of nitrogens with zero attached hydrogens (tertiary/aromatic N) is 12. The van der Waals surface area contributed by atoms with Crippen LogP contribution in [0.25, 0.3) is 90.5 Å². The second-order valence-electron chi connectivity index (χ2n) is 11.4. The zero-order chi connectivity index (χ0) is 32.9. The Hall–Kier alpha value is -5.14. The maximum atomic E-state index is 6.40. The molecule has 246 valence electrons. The molecule has 0 unspecified atom stereocenters. The van der Waals surface area contributed by atoms with Crippen LogP contribution in [-0.2, 0) is 0 Å². The van der Waals surface area contributed by atoms with Gasteiger partial charge in [-0.15, -0.1) is 0 Å². The maximum absolute atomic E-state index is 6.40. The lowest BCUT2D eigenvalue weighted by atomic mass is 10.1. The smallest absolute Gasteiger partial charge is 0.186 e. The van der Waals surface area contributed by atoms with Gasteiger partial charge in [0.1, 0.15) is 22.8 Å². The van der Waals surface area contributed by atoms with E-state index < -0.39 is 0 Å². The van der Waals surface area contributed by atoms with Gasteiger partial charge in [0.25, 0.3) is 0 Å². The third-order valence-electron chi connectivity index (χ3n) is 8.14. The Morgan fingerprint density at radius 2 is 0.878 bits per heavy atom. The average Bonchev–Trinajstić information content (AvgIpc) is 3.95. The fourth-order valence-corrected chi connectivity index (χ4v) is 7.38. The number of unbranched alkanes of at least 4 members (excludes halogenated alkanes) is 4. The lowest BCUT2D eigenvalue weighted by molar-refractivity contribution is 0.303. The second kappa shape index (κ2) is 12.4. The fourth-order valence-electron chi connectivity index (χ4n) is 5.75. The molecule has 16 nitrogen and oxygen atoms in total. The largest absolute Gasteiger partial charge is 0.493 e. The SMILES string of the molecule is CCCCCOc1ccc(OCCCCC)c2c3nc4nc(nc5[nH]c(nc6nc(nc([nH]3)c12)-c1nsnc1-6)c1nsnc51)-c1nsnc1-4. The summed E-state index contributed by atoms with van der Waals surface area (Å²) < 4.78 is 39.8. The molecule has 19 heteroatoms. The first-order valence-corrected chi connectivity index (χ1v) is 18.1. The molecule has 6 aromatic heterocycles. The molecule has 7 aromatic rings. The van der Waals surface area contributed by atoms with Crippen LogP contribution in [0.15, 0.2) is 12.1 Å². The highest BCUT2D eigenvalue weighted by atomic mass is 32.1. The molecule has 8 bridgehead atoms. The van der Waals surface area contributed by atoms with E-state index in [9.17, 15) is 0 Å². The van der Waals surface area contributed by atoms with Crippen LogP contribution in [0, 0.1) is 0 Å². The molecule has 2 aliphatic heterocycles. The Balaban J connectivity index is 1.39. The first-order valence-electron chi connectivity index (χ1n) is 15.9. The van der Waals surface area contributed by atoms with Gasteiger partial charge in [0.15, 0.2) is 68.4 Å². The topological polar surface area (TPSA) is 205 Å². The number of hydrogen-bond acceptors (Lipinski definition) is 17. The summed E-state index contributed by atoms with van der Waals surface area (Å²) in [4.78, 5) is 36.0. The van der Waals surface area contributed by atoms with Gasteiger partial charge in [0, 0.05) is 0 Å². The van der Waals surface area contributed by atoms with Crippen molar-refractivity contribution in [3.05, 3.63) is 12.1 Å². The van der Waals surface area contributed by atoms with Crippen LogP contribution < -0.4 is 9.47 Å². The summed E-state index contributed by atoms with van der Waals surface area (Å²) in [6.45, 7) is 5.43. The Labute approximate surface area is 289 Å². The number of aromatic amines is 2. The highest BCUT2D eigenvalue weighted by Gasteiger charge is 2.28. The summed E-state index contributed by atoms with van der Waals surface area (Å²) in [7, 11) is 0. The van der Waals surface area contributed by atoms with Crippen molar-refractivity contribution >= 4 is 79.6 Å². The minimum absolute atomic E-state index is 0.342. The van der Waals surface area contributed by atoms with E-state index >= 15 is 0 Å². The van der Waals surface area contributed by atoms with Crippen LogP contribution in [0.5, 0.6) is 11.5 Å². The van der Waals surface area contributed by atoms with E-state index in [-0.39, 0.29) is 0 Å². The van der Waals surface area contributed by atoms with Gasteiger partial charge in [0.2, 0.25) is 0 Å². The van der Waals surface area contributed by atoms with Crippen LogP contribution in [-0.4, -0.2) is 79.3 Å². The molecule has 0 amide bonds. The van der Waals surface area contributed by atoms with Crippen molar-refractivity contribution in [3.63, 3.8) is 0 Å². The number of fused-ring (bicyclic) bond motifs is 20. The Kier molecular flexibility index (Phi) is 7.57. The minimum atomic E-state index is 0.342. The third-order valence-corrected chi connectivity index (χ3v) is 9.73.